The molecule has 1 saturated heterocycles. The third-order valence-corrected chi connectivity index (χ3v) is 7.02. The molecule has 152 valence electrons. The molecule has 9 heteroatoms. The van der Waals surface area contributed by atoms with E-state index in [0.29, 0.717) is 30.7 Å². The van der Waals surface area contributed by atoms with Crippen molar-refractivity contribution in [2.24, 2.45) is 5.92 Å². The smallest absolute Gasteiger partial charge is 0.249 e. The highest BCUT2D eigenvalue weighted by molar-refractivity contribution is 7.87. The highest BCUT2D eigenvalue weighted by Crippen LogP contribution is 2.24. The van der Waals surface area contributed by atoms with Crippen LogP contribution in [-0.4, -0.2) is 56.1 Å². The van der Waals surface area contributed by atoms with Gasteiger partial charge in [0.15, 0.2) is 5.82 Å². The molecule has 1 unspecified atom stereocenters. The summed E-state index contributed by atoms with van der Waals surface area (Å²) in [5.74, 6) is 1.89. The lowest BCUT2D eigenvalue weighted by Gasteiger charge is -2.27. The first-order valence-electron chi connectivity index (χ1n) is 9.24. The Hall–Kier alpha value is -2.26. The third kappa shape index (κ3) is 4.77. The number of rotatable bonds is 7. The van der Waals surface area contributed by atoms with Gasteiger partial charge in [-0.25, -0.2) is 0 Å². The van der Waals surface area contributed by atoms with Gasteiger partial charge in [0, 0.05) is 35.3 Å². The van der Waals surface area contributed by atoms with E-state index in [0.717, 1.165) is 24.2 Å². The van der Waals surface area contributed by atoms with Gasteiger partial charge < -0.3 is 9.47 Å². The van der Waals surface area contributed by atoms with Gasteiger partial charge in [-0.3, -0.25) is 19.4 Å². The molecule has 1 atom stereocenters. The van der Waals surface area contributed by atoms with Gasteiger partial charge in [0.2, 0.25) is 11.9 Å². The van der Waals surface area contributed by atoms with Crippen LogP contribution in [0.25, 0.3) is 11.4 Å². The van der Waals surface area contributed by atoms with E-state index in [9.17, 15) is 9.00 Å². The first-order chi connectivity index (χ1) is 13.4. The van der Waals surface area contributed by atoms with Gasteiger partial charge in [0.25, 0.3) is 0 Å². The lowest BCUT2D eigenvalue weighted by Crippen LogP contribution is -2.43. The number of aromatic nitrogens is 3. The Morgan fingerprint density at radius 2 is 2.00 bits per heavy atom. The van der Waals surface area contributed by atoms with Gasteiger partial charge in [0.05, 0.1) is 7.11 Å². The minimum atomic E-state index is -1.31. The molecule has 0 spiro atoms. The molecule has 0 bridgehead atoms. The average Bonchev–Trinajstić information content (AvgIpc) is 3.17. The Balaban J connectivity index is 1.62. The molecule has 0 saturated carbocycles. The molecule has 1 fully saturated rings. The number of carbonyl (C=O) groups excluding carboxylic acids is 1. The number of aromatic amines is 1. The molecule has 1 aromatic carbocycles. The number of ether oxygens (including phenoxy) is 2. The van der Waals surface area contributed by atoms with Crippen LogP contribution in [0.2, 0.25) is 0 Å². The van der Waals surface area contributed by atoms with Crippen LogP contribution in [-0.2, 0) is 20.3 Å². The Kier molecular flexibility index (Phi) is 6.46. The van der Waals surface area contributed by atoms with Gasteiger partial charge in [-0.05, 0) is 56.9 Å². The van der Waals surface area contributed by atoms with E-state index in [1.807, 2.05) is 24.3 Å². The standard InChI is InChI=1S/C19H26N4O4S/c1-19(2,28(25)12-13-8-10-27-11-9-13)17(24)21-18-20-16(22-23-18)14-4-6-15(26-3)7-5-14/h4-7,13H,8-12H2,1-3H3,(H2,20,21,22,23,24). The van der Waals surface area contributed by atoms with E-state index in [-0.39, 0.29) is 11.9 Å². The molecular weight excluding hydrogens is 380 g/mol. The second-order valence-electron chi connectivity index (χ2n) is 7.27. The Labute approximate surface area is 166 Å². The van der Waals surface area contributed by atoms with Crippen molar-refractivity contribution in [1.29, 1.82) is 0 Å². The topological polar surface area (TPSA) is 106 Å². The summed E-state index contributed by atoms with van der Waals surface area (Å²) in [5, 5.41) is 9.53. The summed E-state index contributed by atoms with van der Waals surface area (Å²) >= 11 is 0. The van der Waals surface area contributed by atoms with Crippen LogP contribution in [0.3, 0.4) is 0 Å². The lowest BCUT2D eigenvalue weighted by molar-refractivity contribution is -0.117. The van der Waals surface area contributed by atoms with Crippen LogP contribution in [0.15, 0.2) is 24.3 Å². The fourth-order valence-electron chi connectivity index (χ4n) is 2.89. The number of methoxy groups -OCH3 is 1. The summed E-state index contributed by atoms with van der Waals surface area (Å²) in [6, 6.07) is 7.33. The van der Waals surface area contributed by atoms with Crippen molar-refractivity contribution < 1.29 is 18.5 Å². The van der Waals surface area contributed by atoms with Gasteiger partial charge in [-0.15, -0.1) is 5.10 Å². The van der Waals surface area contributed by atoms with E-state index in [1.165, 1.54) is 0 Å². The molecule has 2 N–H and O–H groups in total. The van der Waals surface area contributed by atoms with E-state index in [2.05, 4.69) is 20.5 Å². The Bertz CT molecular complexity index is 829. The Morgan fingerprint density at radius 1 is 1.32 bits per heavy atom. The molecule has 1 aliphatic rings. The molecule has 0 radical (unpaired) electrons. The molecule has 1 aromatic heterocycles. The maximum absolute atomic E-state index is 12.8. The average molecular weight is 407 g/mol. The van der Waals surface area contributed by atoms with Crippen molar-refractivity contribution in [3.8, 4) is 17.1 Å². The van der Waals surface area contributed by atoms with Gasteiger partial charge in [-0.1, -0.05) is 0 Å². The fourth-order valence-corrected chi connectivity index (χ4v) is 4.32. The van der Waals surface area contributed by atoms with Crippen molar-refractivity contribution in [2.45, 2.75) is 31.4 Å². The zero-order chi connectivity index (χ0) is 20.1. The SMILES string of the molecule is COc1ccc(-c2nc(NC(=O)C(C)(C)S(=O)CC3CCOCC3)n[nH]2)cc1. The molecule has 2 heterocycles. The van der Waals surface area contributed by atoms with Gasteiger partial charge >= 0.3 is 0 Å². The molecule has 1 amide bonds. The second-order valence-corrected chi connectivity index (χ2v) is 9.31. The number of carbonyl (C=O) groups is 1. The number of hydrogen-bond acceptors (Lipinski definition) is 6. The van der Waals surface area contributed by atoms with Crippen LogP contribution in [0.1, 0.15) is 26.7 Å². The van der Waals surface area contributed by atoms with E-state index < -0.39 is 15.5 Å². The molecule has 2 aromatic rings. The second kappa shape index (κ2) is 8.83. The summed E-state index contributed by atoms with van der Waals surface area (Å²) in [7, 11) is 0.290. The lowest BCUT2D eigenvalue weighted by atomic mass is 10.0. The minimum absolute atomic E-state index is 0.159. The van der Waals surface area contributed by atoms with Crippen LogP contribution in [0.4, 0.5) is 5.95 Å². The van der Waals surface area contributed by atoms with E-state index in [1.54, 1.807) is 21.0 Å². The number of nitrogens with one attached hydrogen (secondary N) is 2. The molecular formula is C19H26N4O4S. The number of hydrogen-bond donors (Lipinski definition) is 2. The highest BCUT2D eigenvalue weighted by Gasteiger charge is 2.36. The number of benzene rings is 1. The van der Waals surface area contributed by atoms with Crippen LogP contribution in [0.5, 0.6) is 5.75 Å². The molecule has 8 nitrogen and oxygen atoms in total. The summed E-state index contributed by atoms with van der Waals surface area (Å²) in [6.45, 7) is 4.77. The van der Waals surface area contributed by atoms with Crippen LogP contribution >= 0.6 is 0 Å². The first-order valence-corrected chi connectivity index (χ1v) is 10.6. The van der Waals surface area contributed by atoms with Crippen LogP contribution < -0.4 is 10.1 Å². The van der Waals surface area contributed by atoms with Crippen molar-refractivity contribution in [3.63, 3.8) is 0 Å². The number of nitrogens with zero attached hydrogens (tertiary/aromatic N) is 2. The van der Waals surface area contributed by atoms with Gasteiger partial charge in [-0.2, -0.15) is 4.98 Å². The van der Waals surface area contributed by atoms with Crippen molar-refractivity contribution >= 4 is 22.7 Å². The quantitative estimate of drug-likeness (QED) is 0.731. The summed E-state index contributed by atoms with van der Waals surface area (Å²) in [5.41, 5.74) is 0.816. The minimum Gasteiger partial charge on any atom is -0.497 e. The monoisotopic (exact) mass is 406 g/mol. The third-order valence-electron chi connectivity index (χ3n) is 4.92. The molecule has 28 heavy (non-hydrogen) atoms. The zero-order valence-corrected chi connectivity index (χ0v) is 17.2. The molecule has 1 aliphatic heterocycles. The molecule has 3 rings (SSSR count). The summed E-state index contributed by atoms with van der Waals surface area (Å²) in [6.07, 6.45) is 1.77. The van der Waals surface area contributed by atoms with E-state index >= 15 is 0 Å². The normalized spacial score (nSPS) is 16.5. The van der Waals surface area contributed by atoms with Crippen molar-refractivity contribution in [3.05, 3.63) is 24.3 Å². The number of H-pyrrole nitrogens is 1. The summed E-state index contributed by atoms with van der Waals surface area (Å²) < 4.78 is 22.2. The summed E-state index contributed by atoms with van der Waals surface area (Å²) in [4.78, 5) is 17.0. The predicted molar refractivity (Wildman–Crippen MR) is 108 cm³/mol. The first kappa shape index (κ1) is 20.5. The van der Waals surface area contributed by atoms with E-state index in [4.69, 9.17) is 9.47 Å². The maximum atomic E-state index is 12.8. The van der Waals surface area contributed by atoms with Crippen molar-refractivity contribution in [1.82, 2.24) is 15.2 Å². The van der Waals surface area contributed by atoms with Crippen molar-refractivity contribution in [2.75, 3.05) is 31.4 Å². The fraction of sp³-hybridized carbons (Fsp3) is 0.526. The molecule has 0 aliphatic carbocycles. The van der Waals surface area contributed by atoms with Gasteiger partial charge in [0.1, 0.15) is 10.5 Å². The zero-order valence-electron chi connectivity index (χ0n) is 16.4. The number of anilines is 1. The highest BCUT2D eigenvalue weighted by atomic mass is 32.2. The number of amides is 1. The predicted octanol–water partition coefficient (Wildman–Crippen LogP) is 2.37. The largest absolute Gasteiger partial charge is 0.497 e. The maximum Gasteiger partial charge on any atom is 0.249 e. The Morgan fingerprint density at radius 3 is 2.64 bits per heavy atom. The van der Waals surface area contributed by atoms with Crippen LogP contribution in [0, 0.1) is 5.92 Å².